The summed E-state index contributed by atoms with van der Waals surface area (Å²) in [5, 5.41) is 0. The Kier molecular flexibility index (Phi) is 5.84. The van der Waals surface area contributed by atoms with Crippen LogP contribution in [0.3, 0.4) is 0 Å². The number of ether oxygens (including phenoxy) is 1. The van der Waals surface area contributed by atoms with E-state index in [9.17, 15) is 8.42 Å². The van der Waals surface area contributed by atoms with Crippen LogP contribution < -0.4 is 4.74 Å². The molecule has 0 saturated carbocycles. The van der Waals surface area contributed by atoms with Gasteiger partial charge in [-0.3, -0.25) is 4.55 Å². The van der Waals surface area contributed by atoms with Gasteiger partial charge < -0.3 is 4.74 Å². The standard InChI is InChI=1S/C9H12O4S.Na/c1-7(2)13-8-3-5-9(6-4-8)14(10,11)12;/h3-7H,1-2H3,(H,10,11,12);. The van der Waals surface area contributed by atoms with Crippen LogP contribution in [0.4, 0.5) is 0 Å². The van der Waals surface area contributed by atoms with E-state index in [4.69, 9.17) is 9.29 Å². The molecule has 1 radical (unpaired) electrons. The molecule has 1 N–H and O–H groups in total. The van der Waals surface area contributed by atoms with Crippen molar-refractivity contribution in [1.29, 1.82) is 0 Å². The summed E-state index contributed by atoms with van der Waals surface area (Å²) >= 11 is 0. The molecule has 0 atom stereocenters. The third kappa shape index (κ3) is 4.99. The van der Waals surface area contributed by atoms with Gasteiger partial charge in [-0.15, -0.1) is 0 Å². The molecular weight excluding hydrogens is 227 g/mol. The molecule has 0 aliphatic heterocycles. The molecule has 6 heteroatoms. The average Bonchev–Trinajstić information content (AvgIpc) is 2.02. The number of rotatable bonds is 3. The van der Waals surface area contributed by atoms with E-state index >= 15 is 0 Å². The molecule has 0 aliphatic rings. The largest absolute Gasteiger partial charge is 0.491 e. The molecule has 0 aromatic heterocycles. The number of benzene rings is 1. The van der Waals surface area contributed by atoms with Gasteiger partial charge >= 0.3 is 0 Å². The molecule has 0 heterocycles. The molecule has 0 saturated heterocycles. The summed E-state index contributed by atoms with van der Waals surface area (Å²) in [6.07, 6.45) is 0.0339. The molecule has 4 nitrogen and oxygen atoms in total. The first-order valence-corrected chi connectivity index (χ1v) is 5.58. The molecule has 15 heavy (non-hydrogen) atoms. The minimum absolute atomic E-state index is 0. The molecule has 0 spiro atoms. The van der Waals surface area contributed by atoms with E-state index in [1.54, 1.807) is 0 Å². The monoisotopic (exact) mass is 239 g/mol. The maximum Gasteiger partial charge on any atom is 0.294 e. The third-order valence-electron chi connectivity index (χ3n) is 1.49. The molecule has 0 amide bonds. The van der Waals surface area contributed by atoms with Crippen molar-refractivity contribution in [2.24, 2.45) is 0 Å². The smallest absolute Gasteiger partial charge is 0.294 e. The Morgan fingerprint density at radius 1 is 1.20 bits per heavy atom. The van der Waals surface area contributed by atoms with E-state index in [1.165, 1.54) is 24.3 Å². The van der Waals surface area contributed by atoms with E-state index in [-0.39, 0.29) is 40.6 Å². The van der Waals surface area contributed by atoms with Gasteiger partial charge in [-0.2, -0.15) is 8.42 Å². The van der Waals surface area contributed by atoms with Crippen LogP contribution in [0.15, 0.2) is 29.2 Å². The van der Waals surface area contributed by atoms with Crippen LogP contribution in [-0.4, -0.2) is 48.6 Å². The summed E-state index contributed by atoms with van der Waals surface area (Å²) < 4.78 is 35.4. The Morgan fingerprint density at radius 2 is 1.67 bits per heavy atom. The first-order chi connectivity index (χ1) is 6.39. The van der Waals surface area contributed by atoms with Crippen LogP contribution in [0.1, 0.15) is 13.8 Å². The fraction of sp³-hybridized carbons (Fsp3) is 0.333. The second-order valence-electron chi connectivity index (χ2n) is 3.11. The molecule has 0 aliphatic carbocycles. The molecule has 1 aromatic carbocycles. The maximum absolute atomic E-state index is 10.7. The Balaban J connectivity index is 0.00000196. The van der Waals surface area contributed by atoms with Crippen LogP contribution in [0, 0.1) is 0 Å². The van der Waals surface area contributed by atoms with Crippen LogP contribution >= 0.6 is 0 Å². The van der Waals surface area contributed by atoms with Crippen molar-refractivity contribution in [3.8, 4) is 5.75 Å². The first-order valence-electron chi connectivity index (χ1n) is 4.14. The van der Waals surface area contributed by atoms with Gasteiger partial charge in [-0.25, -0.2) is 0 Å². The molecule has 1 aromatic rings. The summed E-state index contributed by atoms with van der Waals surface area (Å²) in [7, 11) is -4.10. The molecule has 0 fully saturated rings. The van der Waals surface area contributed by atoms with Crippen LogP contribution in [-0.2, 0) is 10.1 Å². The van der Waals surface area contributed by atoms with E-state index in [2.05, 4.69) is 0 Å². The Bertz CT molecular complexity index is 397. The van der Waals surface area contributed by atoms with Crippen molar-refractivity contribution in [3.63, 3.8) is 0 Å². The first kappa shape index (κ1) is 14.9. The van der Waals surface area contributed by atoms with Crippen LogP contribution in [0.2, 0.25) is 0 Å². The van der Waals surface area contributed by atoms with Gasteiger partial charge in [0.1, 0.15) is 5.75 Å². The topological polar surface area (TPSA) is 63.6 Å². The molecule has 0 unspecified atom stereocenters. The van der Waals surface area contributed by atoms with Crippen LogP contribution in [0.25, 0.3) is 0 Å². The van der Waals surface area contributed by atoms with Crippen molar-refractivity contribution >= 4 is 39.7 Å². The van der Waals surface area contributed by atoms with Crippen LogP contribution in [0.5, 0.6) is 5.75 Å². The normalized spacial score (nSPS) is 10.9. The quantitative estimate of drug-likeness (QED) is 0.638. The summed E-state index contributed by atoms with van der Waals surface area (Å²) in [5.74, 6) is 0.576. The third-order valence-corrected chi connectivity index (χ3v) is 2.36. The van der Waals surface area contributed by atoms with Crippen molar-refractivity contribution < 1.29 is 17.7 Å². The second-order valence-corrected chi connectivity index (χ2v) is 4.53. The van der Waals surface area contributed by atoms with Crippen molar-refractivity contribution in [3.05, 3.63) is 24.3 Å². The predicted octanol–water partition coefficient (Wildman–Crippen LogP) is 1.34. The van der Waals surface area contributed by atoms with Gasteiger partial charge in [0.25, 0.3) is 10.1 Å². The van der Waals surface area contributed by atoms with Gasteiger partial charge in [-0.1, -0.05) is 0 Å². The SMILES string of the molecule is CC(C)Oc1ccc(S(=O)(=O)O)cc1.[Na]. The zero-order chi connectivity index (χ0) is 10.8. The van der Waals surface area contributed by atoms with Gasteiger partial charge in [0, 0.05) is 29.6 Å². The fourth-order valence-corrected chi connectivity index (χ4v) is 1.44. The summed E-state index contributed by atoms with van der Waals surface area (Å²) in [6, 6.07) is 5.60. The summed E-state index contributed by atoms with van der Waals surface area (Å²) in [6.45, 7) is 3.74. The van der Waals surface area contributed by atoms with Gasteiger partial charge in [0.05, 0.1) is 11.0 Å². The number of hydrogen-bond donors (Lipinski definition) is 1. The fourth-order valence-electron chi connectivity index (χ4n) is 0.962. The van der Waals surface area contributed by atoms with Gasteiger partial charge in [-0.05, 0) is 38.1 Å². The Hall–Kier alpha value is -0.0700. The van der Waals surface area contributed by atoms with Gasteiger partial charge in [0.15, 0.2) is 0 Å². The molecule has 1 rings (SSSR count). The molecular formula is C9H12NaO4S. The second kappa shape index (κ2) is 5.86. The summed E-state index contributed by atoms with van der Waals surface area (Å²) in [4.78, 5) is -0.131. The average molecular weight is 239 g/mol. The maximum atomic E-state index is 10.7. The molecule has 0 bridgehead atoms. The van der Waals surface area contributed by atoms with E-state index in [0.717, 1.165) is 0 Å². The molecule has 79 valence electrons. The van der Waals surface area contributed by atoms with Crippen molar-refractivity contribution in [2.75, 3.05) is 0 Å². The minimum atomic E-state index is -4.10. The zero-order valence-electron chi connectivity index (χ0n) is 8.97. The Morgan fingerprint density at radius 3 is 2.00 bits per heavy atom. The van der Waals surface area contributed by atoms with Gasteiger partial charge in [0.2, 0.25) is 0 Å². The Labute approximate surface area is 112 Å². The van der Waals surface area contributed by atoms with Crippen molar-refractivity contribution in [2.45, 2.75) is 24.8 Å². The number of hydrogen-bond acceptors (Lipinski definition) is 3. The summed E-state index contributed by atoms with van der Waals surface area (Å²) in [5.41, 5.74) is 0. The predicted molar refractivity (Wildman–Crippen MR) is 57.8 cm³/mol. The minimum Gasteiger partial charge on any atom is -0.491 e. The van der Waals surface area contributed by atoms with E-state index in [1.807, 2.05) is 13.8 Å². The van der Waals surface area contributed by atoms with E-state index in [0.29, 0.717) is 5.75 Å². The zero-order valence-corrected chi connectivity index (χ0v) is 11.8. The van der Waals surface area contributed by atoms with Crippen molar-refractivity contribution in [1.82, 2.24) is 0 Å². The van der Waals surface area contributed by atoms with E-state index < -0.39 is 10.1 Å².